The Morgan fingerprint density at radius 2 is 2.00 bits per heavy atom. The van der Waals surface area contributed by atoms with Crippen molar-refractivity contribution in [3.8, 4) is 5.75 Å². The van der Waals surface area contributed by atoms with E-state index in [9.17, 15) is 25.2 Å². The average molecular weight is 326 g/mol. The summed E-state index contributed by atoms with van der Waals surface area (Å²) in [6.07, 6.45) is -4.63. The number of rotatable bonds is 9. The van der Waals surface area contributed by atoms with Gasteiger partial charge in [-0.15, -0.1) is 0 Å². The van der Waals surface area contributed by atoms with Crippen molar-refractivity contribution in [2.75, 3.05) is 6.61 Å². The summed E-state index contributed by atoms with van der Waals surface area (Å²) in [7, 11) is 0. The first-order chi connectivity index (χ1) is 10.9. The van der Waals surface area contributed by atoms with Gasteiger partial charge in [-0.2, -0.15) is 0 Å². The van der Waals surface area contributed by atoms with Crippen LogP contribution in [-0.4, -0.2) is 62.8 Å². The van der Waals surface area contributed by atoms with Crippen LogP contribution >= 0.6 is 0 Å². The van der Waals surface area contributed by atoms with Gasteiger partial charge < -0.3 is 35.6 Å². The summed E-state index contributed by atoms with van der Waals surface area (Å²) >= 11 is 0. The van der Waals surface area contributed by atoms with Crippen molar-refractivity contribution in [1.82, 2.24) is 5.32 Å². The van der Waals surface area contributed by atoms with Crippen LogP contribution in [0.3, 0.4) is 0 Å². The van der Waals surface area contributed by atoms with E-state index in [4.69, 9.17) is 10.6 Å². The standard InChI is InChI=1S/C13H18N4O6/c14-17-16-8-2-1-7(10(20)3-8)4-15-9(5-18)12(22)13(23)11(21)6-19/h1-3,5,9,11-13,15,19-23H,4,6H2/t9-,11+,12+,13-/m0/s1. The van der Waals surface area contributed by atoms with Gasteiger partial charge in [-0.1, -0.05) is 17.2 Å². The Morgan fingerprint density at radius 3 is 2.52 bits per heavy atom. The van der Waals surface area contributed by atoms with Crippen molar-refractivity contribution >= 4 is 12.0 Å². The van der Waals surface area contributed by atoms with Gasteiger partial charge in [0.2, 0.25) is 0 Å². The molecule has 0 saturated heterocycles. The first-order valence-electron chi connectivity index (χ1n) is 6.65. The van der Waals surface area contributed by atoms with Crippen LogP contribution < -0.4 is 5.32 Å². The second-order valence-corrected chi connectivity index (χ2v) is 4.78. The number of benzene rings is 1. The van der Waals surface area contributed by atoms with E-state index in [1.807, 2.05) is 0 Å². The number of phenols is 1. The first-order valence-corrected chi connectivity index (χ1v) is 6.65. The number of hydrogen-bond acceptors (Lipinski definition) is 8. The van der Waals surface area contributed by atoms with Crippen molar-refractivity contribution in [2.45, 2.75) is 30.9 Å². The fourth-order valence-electron chi connectivity index (χ4n) is 1.84. The minimum Gasteiger partial charge on any atom is -0.508 e. The molecule has 126 valence electrons. The summed E-state index contributed by atoms with van der Waals surface area (Å²) < 4.78 is 0. The highest BCUT2D eigenvalue weighted by Crippen LogP contribution is 2.24. The van der Waals surface area contributed by atoms with E-state index in [1.54, 1.807) is 0 Å². The lowest BCUT2D eigenvalue weighted by atomic mass is 10.0. The van der Waals surface area contributed by atoms with Crippen LogP contribution in [-0.2, 0) is 11.3 Å². The number of azide groups is 1. The van der Waals surface area contributed by atoms with Gasteiger partial charge in [0.05, 0.1) is 12.6 Å². The first kappa shape index (κ1) is 18.8. The topological polar surface area (TPSA) is 179 Å². The molecule has 0 aliphatic heterocycles. The second-order valence-electron chi connectivity index (χ2n) is 4.78. The fourth-order valence-corrected chi connectivity index (χ4v) is 1.84. The molecule has 6 N–H and O–H groups in total. The summed E-state index contributed by atoms with van der Waals surface area (Å²) in [5, 5.41) is 53.1. The Labute approximate surface area is 131 Å². The summed E-state index contributed by atoms with van der Waals surface area (Å²) in [5.74, 6) is -0.183. The number of carbonyl (C=O) groups is 1. The van der Waals surface area contributed by atoms with E-state index < -0.39 is 31.0 Å². The molecule has 0 aliphatic carbocycles. The lowest BCUT2D eigenvalue weighted by Crippen LogP contribution is -2.51. The van der Waals surface area contributed by atoms with E-state index in [0.717, 1.165) is 0 Å². The molecule has 0 heterocycles. The Bertz CT molecular complexity index is 578. The minimum absolute atomic E-state index is 0.0369. The largest absolute Gasteiger partial charge is 0.508 e. The fraction of sp³-hybridized carbons (Fsp3) is 0.462. The van der Waals surface area contributed by atoms with E-state index in [1.165, 1.54) is 18.2 Å². The Balaban J connectivity index is 2.74. The zero-order valence-electron chi connectivity index (χ0n) is 12.0. The van der Waals surface area contributed by atoms with Crippen LogP contribution in [0.25, 0.3) is 10.4 Å². The molecule has 10 nitrogen and oxygen atoms in total. The highest BCUT2D eigenvalue weighted by atomic mass is 16.4. The van der Waals surface area contributed by atoms with Crippen LogP contribution in [0.15, 0.2) is 23.3 Å². The third-order valence-corrected chi connectivity index (χ3v) is 3.20. The molecule has 0 amide bonds. The number of phenolic OH excluding ortho intramolecular Hbond substituents is 1. The van der Waals surface area contributed by atoms with Gasteiger partial charge in [0.25, 0.3) is 0 Å². The van der Waals surface area contributed by atoms with Crippen LogP contribution in [0.2, 0.25) is 0 Å². The van der Waals surface area contributed by atoms with Crippen LogP contribution in [0.1, 0.15) is 5.56 Å². The van der Waals surface area contributed by atoms with E-state index >= 15 is 0 Å². The molecule has 23 heavy (non-hydrogen) atoms. The maximum Gasteiger partial charge on any atom is 0.139 e. The van der Waals surface area contributed by atoms with Gasteiger partial charge >= 0.3 is 0 Å². The van der Waals surface area contributed by atoms with Crippen molar-refractivity contribution in [3.05, 3.63) is 34.2 Å². The summed E-state index contributed by atoms with van der Waals surface area (Å²) in [6, 6.07) is 2.91. The number of carbonyl (C=O) groups excluding carboxylic acids is 1. The van der Waals surface area contributed by atoms with E-state index in [-0.39, 0.29) is 18.0 Å². The van der Waals surface area contributed by atoms with Gasteiger partial charge in [0, 0.05) is 22.7 Å². The van der Waals surface area contributed by atoms with Crippen molar-refractivity contribution in [2.24, 2.45) is 5.11 Å². The average Bonchev–Trinajstić information content (AvgIpc) is 2.55. The zero-order chi connectivity index (χ0) is 17.4. The van der Waals surface area contributed by atoms with E-state index in [2.05, 4.69) is 15.3 Å². The third kappa shape index (κ3) is 5.18. The van der Waals surface area contributed by atoms with Gasteiger partial charge in [-0.25, -0.2) is 0 Å². The molecule has 0 unspecified atom stereocenters. The number of hydrogen-bond donors (Lipinski definition) is 6. The molecule has 0 bridgehead atoms. The molecule has 0 fully saturated rings. The third-order valence-electron chi connectivity index (χ3n) is 3.20. The molecule has 1 aromatic carbocycles. The molecule has 1 rings (SSSR count). The highest BCUT2D eigenvalue weighted by molar-refractivity contribution is 5.59. The predicted octanol–water partition coefficient (Wildman–Crippen LogP) is -0.934. The normalized spacial score (nSPS) is 16.0. The van der Waals surface area contributed by atoms with E-state index in [0.29, 0.717) is 11.8 Å². The van der Waals surface area contributed by atoms with Crippen LogP contribution in [0, 0.1) is 0 Å². The molecule has 4 atom stereocenters. The SMILES string of the molecule is [N-]=[N+]=Nc1ccc(CN[C@@H](C=O)[C@@H](O)[C@@H](O)[C@H](O)CO)c(O)c1. The number of aliphatic hydroxyl groups excluding tert-OH is 4. The number of nitrogens with zero attached hydrogens (tertiary/aromatic N) is 3. The summed E-state index contributed by atoms with van der Waals surface area (Å²) in [4.78, 5) is 13.6. The Morgan fingerprint density at radius 1 is 1.30 bits per heavy atom. The maximum absolute atomic E-state index is 11.0. The molecule has 0 aliphatic rings. The molecule has 10 heteroatoms. The number of aliphatic hydroxyl groups is 4. The molecular weight excluding hydrogens is 308 g/mol. The lowest BCUT2D eigenvalue weighted by molar-refractivity contribution is -0.120. The monoisotopic (exact) mass is 326 g/mol. The molecule has 0 aromatic heterocycles. The molecule has 0 radical (unpaired) electrons. The molecule has 1 aromatic rings. The van der Waals surface area contributed by atoms with Gasteiger partial charge in [0.1, 0.15) is 30.3 Å². The molecule has 0 spiro atoms. The number of aldehydes is 1. The van der Waals surface area contributed by atoms with Crippen molar-refractivity contribution < 1.29 is 30.3 Å². The van der Waals surface area contributed by atoms with Crippen LogP contribution in [0.4, 0.5) is 5.69 Å². The Kier molecular flexibility index (Phi) is 7.42. The predicted molar refractivity (Wildman–Crippen MR) is 78.7 cm³/mol. The number of nitrogens with one attached hydrogen (secondary N) is 1. The quantitative estimate of drug-likeness (QED) is 0.147. The van der Waals surface area contributed by atoms with Gasteiger partial charge in [0.15, 0.2) is 0 Å². The zero-order valence-corrected chi connectivity index (χ0v) is 12.0. The second kappa shape index (κ2) is 9.06. The van der Waals surface area contributed by atoms with Crippen LogP contribution in [0.5, 0.6) is 5.75 Å². The summed E-state index contributed by atoms with van der Waals surface area (Å²) in [5.41, 5.74) is 8.87. The Hall–Kier alpha value is -2.20. The van der Waals surface area contributed by atoms with Gasteiger partial charge in [-0.3, -0.25) is 0 Å². The van der Waals surface area contributed by atoms with Crippen molar-refractivity contribution in [3.63, 3.8) is 0 Å². The molecular formula is C13H18N4O6. The minimum atomic E-state index is -1.72. The maximum atomic E-state index is 11.0. The lowest BCUT2D eigenvalue weighted by Gasteiger charge is -2.26. The summed E-state index contributed by atoms with van der Waals surface area (Å²) in [6.45, 7) is -0.809. The molecule has 0 saturated carbocycles. The number of aromatic hydroxyl groups is 1. The smallest absolute Gasteiger partial charge is 0.139 e. The van der Waals surface area contributed by atoms with Gasteiger partial charge in [-0.05, 0) is 11.6 Å². The van der Waals surface area contributed by atoms with Crippen molar-refractivity contribution in [1.29, 1.82) is 0 Å². The highest BCUT2D eigenvalue weighted by Gasteiger charge is 2.30.